The van der Waals surface area contributed by atoms with E-state index in [0.29, 0.717) is 0 Å². The van der Waals surface area contributed by atoms with Gasteiger partial charge >= 0.3 is 0 Å². The first-order valence-corrected chi connectivity index (χ1v) is 7.21. The number of hydrogen-bond donors (Lipinski definition) is 1. The predicted octanol–water partition coefficient (Wildman–Crippen LogP) is 1.76. The van der Waals surface area contributed by atoms with Gasteiger partial charge in [0.05, 0.1) is 6.20 Å². The first-order chi connectivity index (χ1) is 7.77. The molecule has 1 aliphatic heterocycles. The number of hydrogen-bond acceptors (Lipinski definition) is 3. The molecular weight excluding hydrogens is 218 g/mol. The maximum absolute atomic E-state index is 4.27. The Labute approximate surface area is 102 Å². The standard InChI is InChI=1S/C12H21N3S/c1-10-11(8-14-15(10)2)5-6-13-12-4-3-7-16-9-12/h8,12-13H,3-7,9H2,1-2H3. The van der Waals surface area contributed by atoms with Crippen molar-refractivity contribution in [2.24, 2.45) is 7.05 Å². The molecule has 4 heteroatoms. The smallest absolute Gasteiger partial charge is 0.0524 e. The van der Waals surface area contributed by atoms with Crippen LogP contribution in [0, 0.1) is 6.92 Å². The Morgan fingerprint density at radius 2 is 2.50 bits per heavy atom. The van der Waals surface area contributed by atoms with Crippen molar-refractivity contribution in [1.29, 1.82) is 0 Å². The van der Waals surface area contributed by atoms with Gasteiger partial charge in [-0.15, -0.1) is 0 Å². The van der Waals surface area contributed by atoms with Crippen LogP contribution in [0.2, 0.25) is 0 Å². The van der Waals surface area contributed by atoms with E-state index in [2.05, 4.69) is 29.1 Å². The molecule has 1 N–H and O–H groups in total. The number of nitrogens with one attached hydrogen (secondary N) is 1. The Balaban J connectivity index is 1.73. The third-order valence-corrected chi connectivity index (χ3v) is 4.54. The Morgan fingerprint density at radius 3 is 3.12 bits per heavy atom. The molecule has 1 atom stereocenters. The highest BCUT2D eigenvalue weighted by atomic mass is 32.2. The van der Waals surface area contributed by atoms with Gasteiger partial charge in [0.2, 0.25) is 0 Å². The van der Waals surface area contributed by atoms with Crippen molar-refractivity contribution >= 4 is 11.8 Å². The van der Waals surface area contributed by atoms with Crippen LogP contribution in [0.15, 0.2) is 6.20 Å². The maximum Gasteiger partial charge on any atom is 0.0524 e. The largest absolute Gasteiger partial charge is 0.313 e. The van der Waals surface area contributed by atoms with Gasteiger partial charge < -0.3 is 5.32 Å². The van der Waals surface area contributed by atoms with E-state index in [-0.39, 0.29) is 0 Å². The molecule has 1 aliphatic rings. The van der Waals surface area contributed by atoms with E-state index < -0.39 is 0 Å². The average molecular weight is 239 g/mol. The lowest BCUT2D eigenvalue weighted by Gasteiger charge is -2.22. The minimum Gasteiger partial charge on any atom is -0.313 e. The fourth-order valence-corrected chi connectivity index (χ4v) is 3.21. The van der Waals surface area contributed by atoms with Crippen LogP contribution in [-0.4, -0.2) is 33.9 Å². The van der Waals surface area contributed by atoms with Gasteiger partial charge in [0, 0.05) is 24.5 Å². The molecule has 1 aromatic rings. The summed E-state index contributed by atoms with van der Waals surface area (Å²) in [5.41, 5.74) is 2.67. The molecule has 90 valence electrons. The fourth-order valence-electron chi connectivity index (χ4n) is 2.10. The van der Waals surface area contributed by atoms with Gasteiger partial charge in [0.1, 0.15) is 0 Å². The number of nitrogens with zero attached hydrogens (tertiary/aromatic N) is 2. The third kappa shape index (κ3) is 3.01. The molecule has 3 nitrogen and oxygen atoms in total. The van der Waals surface area contributed by atoms with E-state index in [4.69, 9.17) is 0 Å². The second kappa shape index (κ2) is 5.73. The summed E-state index contributed by atoms with van der Waals surface area (Å²) < 4.78 is 1.95. The Morgan fingerprint density at radius 1 is 1.62 bits per heavy atom. The minimum absolute atomic E-state index is 0.732. The first kappa shape index (κ1) is 12.0. The summed E-state index contributed by atoms with van der Waals surface area (Å²) in [6.07, 6.45) is 5.81. The van der Waals surface area contributed by atoms with Crippen molar-refractivity contribution in [1.82, 2.24) is 15.1 Å². The van der Waals surface area contributed by atoms with Gasteiger partial charge in [-0.2, -0.15) is 16.9 Å². The minimum atomic E-state index is 0.732. The Kier molecular flexibility index (Phi) is 4.29. The van der Waals surface area contributed by atoms with Crippen molar-refractivity contribution in [3.63, 3.8) is 0 Å². The highest BCUT2D eigenvalue weighted by Gasteiger charge is 2.12. The van der Waals surface area contributed by atoms with Gasteiger partial charge in [0.25, 0.3) is 0 Å². The van der Waals surface area contributed by atoms with Crippen LogP contribution in [-0.2, 0) is 13.5 Å². The van der Waals surface area contributed by atoms with E-state index >= 15 is 0 Å². The molecule has 2 heterocycles. The highest BCUT2D eigenvalue weighted by Crippen LogP contribution is 2.16. The molecule has 0 saturated carbocycles. The van der Waals surface area contributed by atoms with Crippen LogP contribution in [0.5, 0.6) is 0 Å². The molecule has 0 radical (unpaired) electrons. The SMILES string of the molecule is Cc1c(CCNC2CCCSC2)cnn1C. The molecular formula is C12H21N3S. The third-order valence-electron chi connectivity index (χ3n) is 3.32. The normalized spacial score (nSPS) is 21.2. The average Bonchev–Trinajstić information content (AvgIpc) is 2.62. The summed E-state index contributed by atoms with van der Waals surface area (Å²) in [6, 6.07) is 0.732. The van der Waals surface area contributed by atoms with E-state index in [9.17, 15) is 0 Å². The van der Waals surface area contributed by atoms with Crippen LogP contribution in [0.1, 0.15) is 24.1 Å². The van der Waals surface area contributed by atoms with Crippen LogP contribution in [0.25, 0.3) is 0 Å². The van der Waals surface area contributed by atoms with Crippen molar-refractivity contribution in [2.75, 3.05) is 18.1 Å². The van der Waals surface area contributed by atoms with Gasteiger partial charge in [-0.3, -0.25) is 4.68 Å². The first-order valence-electron chi connectivity index (χ1n) is 6.06. The van der Waals surface area contributed by atoms with Crippen LogP contribution < -0.4 is 5.32 Å². The summed E-state index contributed by atoms with van der Waals surface area (Å²) in [5.74, 6) is 2.63. The summed E-state index contributed by atoms with van der Waals surface area (Å²) in [5, 5.41) is 7.92. The fraction of sp³-hybridized carbons (Fsp3) is 0.750. The lowest BCUT2D eigenvalue weighted by Crippen LogP contribution is -2.35. The van der Waals surface area contributed by atoms with Crippen LogP contribution in [0.3, 0.4) is 0 Å². The zero-order valence-corrected chi connectivity index (χ0v) is 11.0. The lowest BCUT2D eigenvalue weighted by atomic mass is 10.1. The number of thioether (sulfide) groups is 1. The van der Waals surface area contributed by atoms with Crippen molar-refractivity contribution in [3.05, 3.63) is 17.5 Å². The van der Waals surface area contributed by atoms with E-state index in [1.807, 2.05) is 17.9 Å². The van der Waals surface area contributed by atoms with Crippen molar-refractivity contribution < 1.29 is 0 Å². The molecule has 0 bridgehead atoms. The lowest BCUT2D eigenvalue weighted by molar-refractivity contribution is 0.511. The molecule has 16 heavy (non-hydrogen) atoms. The molecule has 0 aromatic carbocycles. The van der Waals surface area contributed by atoms with E-state index in [1.54, 1.807) is 0 Å². The van der Waals surface area contributed by atoms with Crippen LogP contribution in [0.4, 0.5) is 0 Å². The highest BCUT2D eigenvalue weighted by molar-refractivity contribution is 7.99. The number of aromatic nitrogens is 2. The summed E-state index contributed by atoms with van der Waals surface area (Å²) in [4.78, 5) is 0. The predicted molar refractivity (Wildman–Crippen MR) is 70.0 cm³/mol. The van der Waals surface area contributed by atoms with Crippen molar-refractivity contribution in [2.45, 2.75) is 32.2 Å². The molecule has 1 saturated heterocycles. The molecule has 0 aliphatic carbocycles. The van der Waals surface area contributed by atoms with E-state index in [0.717, 1.165) is 19.0 Å². The zero-order chi connectivity index (χ0) is 11.4. The summed E-state index contributed by atoms with van der Waals surface area (Å²) in [7, 11) is 2.00. The van der Waals surface area contributed by atoms with Gasteiger partial charge in [-0.05, 0) is 44.0 Å². The summed E-state index contributed by atoms with van der Waals surface area (Å²) >= 11 is 2.08. The molecule has 0 spiro atoms. The van der Waals surface area contributed by atoms with Crippen LogP contribution >= 0.6 is 11.8 Å². The molecule has 1 unspecified atom stereocenters. The maximum atomic E-state index is 4.27. The molecule has 1 aromatic heterocycles. The second-order valence-corrected chi connectivity index (χ2v) is 5.65. The quantitative estimate of drug-likeness (QED) is 0.868. The number of rotatable bonds is 4. The topological polar surface area (TPSA) is 29.9 Å². The van der Waals surface area contributed by atoms with Gasteiger partial charge in [-0.1, -0.05) is 0 Å². The Bertz CT molecular complexity index is 329. The molecule has 0 amide bonds. The molecule has 1 fully saturated rings. The monoisotopic (exact) mass is 239 g/mol. The summed E-state index contributed by atoms with van der Waals surface area (Å²) in [6.45, 7) is 3.22. The number of aryl methyl sites for hydroxylation is 1. The van der Waals surface area contributed by atoms with Gasteiger partial charge in [0.15, 0.2) is 0 Å². The molecule has 2 rings (SSSR count). The zero-order valence-electron chi connectivity index (χ0n) is 10.2. The Hall–Kier alpha value is -0.480. The van der Waals surface area contributed by atoms with Gasteiger partial charge in [-0.25, -0.2) is 0 Å². The van der Waals surface area contributed by atoms with E-state index in [1.165, 1.54) is 35.6 Å². The van der Waals surface area contributed by atoms with Crippen molar-refractivity contribution in [3.8, 4) is 0 Å². The second-order valence-electron chi connectivity index (χ2n) is 4.50.